The van der Waals surface area contributed by atoms with Crippen molar-refractivity contribution in [2.24, 2.45) is 0 Å². The molecule has 2 aromatic carbocycles. The minimum atomic E-state index is 0.349. The smallest absolute Gasteiger partial charge is 0.130 e. The monoisotopic (exact) mass is 502 g/mol. The topological polar surface area (TPSA) is 40.5 Å². The number of phenols is 2. The minimum absolute atomic E-state index is 0.349. The van der Waals surface area contributed by atoms with Crippen molar-refractivity contribution in [3.63, 3.8) is 0 Å². The summed E-state index contributed by atoms with van der Waals surface area (Å²) >= 11 is 0. The van der Waals surface area contributed by atoms with Gasteiger partial charge in [-0.2, -0.15) is 0 Å². The molecule has 0 unspecified atom stereocenters. The van der Waals surface area contributed by atoms with Gasteiger partial charge in [-0.3, -0.25) is 0 Å². The summed E-state index contributed by atoms with van der Waals surface area (Å²) in [6.45, 7) is 4.51. The molecule has 2 nitrogen and oxygen atoms in total. The molecule has 2 aromatic rings. The van der Waals surface area contributed by atoms with Gasteiger partial charge in [0.25, 0.3) is 0 Å². The van der Waals surface area contributed by atoms with Crippen LogP contribution in [0.1, 0.15) is 115 Å². The van der Waals surface area contributed by atoms with E-state index in [1.165, 1.54) is 88.2 Å². The van der Waals surface area contributed by atoms with E-state index in [9.17, 15) is 10.2 Å². The summed E-state index contributed by atoms with van der Waals surface area (Å²) in [4.78, 5) is 1.90. The van der Waals surface area contributed by atoms with Gasteiger partial charge in [-0.05, 0) is 70.5 Å². The van der Waals surface area contributed by atoms with Crippen LogP contribution in [0.15, 0.2) is 46.2 Å². The molecule has 2 N–H and O–H groups in total. The summed E-state index contributed by atoms with van der Waals surface area (Å²) in [5, 5.41) is 21.1. The van der Waals surface area contributed by atoms with Crippen LogP contribution in [0.2, 0.25) is 0 Å². The first-order valence-electron chi connectivity index (χ1n) is 13.6. The predicted octanol–water partition coefficient (Wildman–Crippen LogP) is 10.5. The fourth-order valence-corrected chi connectivity index (χ4v) is 7.04. The molecular weight excluding hydrogens is 456 g/mol. The Morgan fingerprint density at radius 1 is 0.500 bits per heavy atom. The number of aromatic hydroxyl groups is 2. The number of rotatable bonds is 19. The highest BCUT2D eigenvalue weighted by molar-refractivity contribution is 8.76. The standard InChI is InChI=1S/C30H46O2S2/c1-3-5-7-9-11-13-15-19-25-21-17-23-27(31)29(25)33-34-30-26(22-18-24-28(30)32)20-16-14-12-10-8-6-4-2/h17-18,21-24,31-32H,3-16,19-20H2,1-2H3. The third-order valence-corrected chi connectivity index (χ3v) is 9.07. The van der Waals surface area contributed by atoms with Crippen LogP contribution < -0.4 is 0 Å². The molecular formula is C30H46O2S2. The molecule has 0 bridgehead atoms. The highest BCUT2D eigenvalue weighted by Crippen LogP contribution is 2.47. The summed E-state index contributed by atoms with van der Waals surface area (Å²) in [6, 6.07) is 11.7. The maximum Gasteiger partial charge on any atom is 0.130 e. The predicted molar refractivity (Wildman–Crippen MR) is 151 cm³/mol. The number of hydrogen-bond donors (Lipinski definition) is 2. The lowest BCUT2D eigenvalue weighted by molar-refractivity contribution is 0.459. The van der Waals surface area contributed by atoms with Crippen molar-refractivity contribution in [2.45, 2.75) is 126 Å². The Labute approximate surface area is 216 Å². The Morgan fingerprint density at radius 3 is 1.24 bits per heavy atom. The Balaban J connectivity index is 1.89. The Morgan fingerprint density at radius 2 is 0.853 bits per heavy atom. The largest absolute Gasteiger partial charge is 0.507 e. The lowest BCUT2D eigenvalue weighted by atomic mass is 10.0. The summed E-state index contributed by atoms with van der Waals surface area (Å²) in [5.74, 6) is 0.698. The van der Waals surface area contributed by atoms with Crippen molar-refractivity contribution in [2.75, 3.05) is 0 Å². The van der Waals surface area contributed by atoms with E-state index >= 15 is 0 Å². The maximum atomic E-state index is 10.6. The van der Waals surface area contributed by atoms with Crippen LogP contribution in [0.3, 0.4) is 0 Å². The molecule has 0 atom stereocenters. The molecule has 0 radical (unpaired) electrons. The minimum Gasteiger partial charge on any atom is -0.507 e. The molecule has 0 saturated carbocycles. The van der Waals surface area contributed by atoms with Crippen molar-refractivity contribution >= 4 is 21.6 Å². The molecule has 0 aliphatic heterocycles. The molecule has 0 aromatic heterocycles. The van der Waals surface area contributed by atoms with Crippen LogP contribution >= 0.6 is 21.6 Å². The second-order valence-corrected chi connectivity index (χ2v) is 11.6. The Kier molecular flexibility index (Phi) is 15.4. The second-order valence-electron chi connectivity index (χ2n) is 9.44. The number of unbranched alkanes of at least 4 members (excludes halogenated alkanes) is 12. The van der Waals surface area contributed by atoms with Gasteiger partial charge in [0.2, 0.25) is 0 Å². The Bertz CT molecular complexity index is 739. The van der Waals surface area contributed by atoms with Crippen LogP contribution in [0.25, 0.3) is 0 Å². The van der Waals surface area contributed by atoms with Crippen LogP contribution in [-0.2, 0) is 12.8 Å². The average Bonchev–Trinajstić information content (AvgIpc) is 2.83. The fourth-order valence-electron chi connectivity index (χ4n) is 4.36. The second kappa shape index (κ2) is 18.1. The molecule has 2 rings (SSSR count). The van der Waals surface area contributed by atoms with Gasteiger partial charge in [-0.15, -0.1) is 0 Å². The van der Waals surface area contributed by atoms with Crippen molar-refractivity contribution in [3.8, 4) is 11.5 Å². The van der Waals surface area contributed by atoms with E-state index in [-0.39, 0.29) is 0 Å². The number of benzene rings is 2. The van der Waals surface area contributed by atoms with Gasteiger partial charge in [0.1, 0.15) is 11.5 Å². The third kappa shape index (κ3) is 11.0. The van der Waals surface area contributed by atoms with Crippen molar-refractivity contribution in [3.05, 3.63) is 47.5 Å². The maximum absolute atomic E-state index is 10.6. The third-order valence-electron chi connectivity index (χ3n) is 6.46. The number of phenolic OH excluding ortho intramolecular Hbond substituents is 2. The molecule has 0 aliphatic rings. The van der Waals surface area contributed by atoms with Gasteiger partial charge in [-0.1, -0.05) is 115 Å². The van der Waals surface area contributed by atoms with E-state index < -0.39 is 0 Å². The van der Waals surface area contributed by atoms with Crippen LogP contribution in [-0.4, -0.2) is 10.2 Å². The van der Waals surface area contributed by atoms with Gasteiger partial charge in [-0.25, -0.2) is 0 Å². The first-order valence-corrected chi connectivity index (χ1v) is 15.8. The zero-order valence-electron chi connectivity index (χ0n) is 21.5. The summed E-state index contributed by atoms with van der Waals surface area (Å²) in [5.41, 5.74) is 2.44. The molecule has 0 spiro atoms. The van der Waals surface area contributed by atoms with Crippen molar-refractivity contribution in [1.29, 1.82) is 0 Å². The van der Waals surface area contributed by atoms with Gasteiger partial charge in [0.05, 0.1) is 9.79 Å². The average molecular weight is 503 g/mol. The Hall–Kier alpha value is -1.26. The quantitative estimate of drug-likeness (QED) is 0.148. The van der Waals surface area contributed by atoms with E-state index in [4.69, 9.17) is 0 Å². The summed E-state index contributed by atoms with van der Waals surface area (Å²) in [6.07, 6.45) is 20.1. The van der Waals surface area contributed by atoms with Crippen LogP contribution in [0.4, 0.5) is 0 Å². The highest BCUT2D eigenvalue weighted by atomic mass is 33.1. The highest BCUT2D eigenvalue weighted by Gasteiger charge is 2.14. The van der Waals surface area contributed by atoms with E-state index in [0.717, 1.165) is 35.5 Å². The SMILES string of the molecule is CCCCCCCCCc1cccc(O)c1SSc1c(O)cccc1CCCCCCCCC. The van der Waals surface area contributed by atoms with Crippen LogP contribution in [0, 0.1) is 0 Å². The lowest BCUT2D eigenvalue weighted by Gasteiger charge is -2.14. The number of hydrogen-bond acceptors (Lipinski definition) is 4. The molecule has 34 heavy (non-hydrogen) atoms. The van der Waals surface area contributed by atoms with Gasteiger partial charge < -0.3 is 10.2 Å². The summed E-state index contributed by atoms with van der Waals surface area (Å²) < 4.78 is 0. The zero-order chi connectivity index (χ0) is 24.4. The van der Waals surface area contributed by atoms with E-state index in [0.29, 0.717) is 11.5 Å². The molecule has 0 aliphatic carbocycles. The molecule has 4 heteroatoms. The van der Waals surface area contributed by atoms with Crippen molar-refractivity contribution < 1.29 is 10.2 Å². The van der Waals surface area contributed by atoms with Gasteiger partial charge in [0, 0.05) is 0 Å². The van der Waals surface area contributed by atoms with Crippen LogP contribution in [0.5, 0.6) is 11.5 Å². The van der Waals surface area contributed by atoms with E-state index in [1.807, 2.05) is 12.1 Å². The first kappa shape index (κ1) is 29.0. The number of aryl methyl sites for hydroxylation is 2. The zero-order valence-corrected chi connectivity index (χ0v) is 23.1. The van der Waals surface area contributed by atoms with Gasteiger partial charge in [0.15, 0.2) is 0 Å². The molecule has 0 amide bonds. The fraction of sp³-hybridized carbons (Fsp3) is 0.600. The van der Waals surface area contributed by atoms with E-state index in [2.05, 4.69) is 26.0 Å². The first-order chi connectivity index (χ1) is 16.7. The van der Waals surface area contributed by atoms with Gasteiger partial charge >= 0.3 is 0 Å². The molecule has 0 heterocycles. The normalized spacial score (nSPS) is 11.2. The molecule has 0 saturated heterocycles. The molecule has 0 fully saturated rings. The summed E-state index contributed by atoms with van der Waals surface area (Å²) in [7, 11) is 3.18. The lowest BCUT2D eigenvalue weighted by Crippen LogP contribution is -1.91. The van der Waals surface area contributed by atoms with E-state index in [1.54, 1.807) is 33.7 Å². The molecule has 190 valence electrons. The van der Waals surface area contributed by atoms with Crippen molar-refractivity contribution in [1.82, 2.24) is 0 Å².